The number of carbonyl (C=O) groups is 1. The molecule has 1 aromatic carbocycles. The summed E-state index contributed by atoms with van der Waals surface area (Å²) < 4.78 is 0.958. The van der Waals surface area contributed by atoms with E-state index >= 15 is 0 Å². The van der Waals surface area contributed by atoms with Crippen molar-refractivity contribution < 1.29 is 4.79 Å². The van der Waals surface area contributed by atoms with Crippen molar-refractivity contribution in [2.45, 2.75) is 6.92 Å². The molecule has 1 aromatic heterocycles. The SMILES string of the molecule is Cc1cccc(NC(=O)/C(C#N)=C\c2ccc(Br)s2)c1. The van der Waals surface area contributed by atoms with E-state index in [2.05, 4.69) is 21.2 Å². The van der Waals surface area contributed by atoms with Gasteiger partial charge in [-0.2, -0.15) is 5.26 Å². The van der Waals surface area contributed by atoms with Crippen LogP contribution in [-0.2, 0) is 4.79 Å². The van der Waals surface area contributed by atoms with Crippen molar-refractivity contribution in [3.63, 3.8) is 0 Å². The first kappa shape index (κ1) is 14.5. The lowest BCUT2D eigenvalue weighted by atomic mass is 10.2. The topological polar surface area (TPSA) is 52.9 Å². The Morgan fingerprint density at radius 3 is 2.80 bits per heavy atom. The Hall–Kier alpha value is -1.90. The minimum atomic E-state index is -0.400. The minimum absolute atomic E-state index is 0.0841. The maximum Gasteiger partial charge on any atom is 0.266 e. The van der Waals surface area contributed by atoms with Crippen molar-refractivity contribution >= 4 is 44.9 Å². The molecule has 1 amide bonds. The Labute approximate surface area is 129 Å². The van der Waals surface area contributed by atoms with Crippen molar-refractivity contribution in [2.24, 2.45) is 0 Å². The average molecular weight is 347 g/mol. The molecule has 0 unspecified atom stereocenters. The van der Waals surface area contributed by atoms with E-state index in [-0.39, 0.29) is 5.57 Å². The summed E-state index contributed by atoms with van der Waals surface area (Å²) in [4.78, 5) is 12.9. The zero-order valence-electron chi connectivity index (χ0n) is 10.7. The average Bonchev–Trinajstić information content (AvgIpc) is 2.81. The lowest BCUT2D eigenvalue weighted by Gasteiger charge is -2.04. The molecule has 1 N–H and O–H groups in total. The number of nitrogens with zero attached hydrogens (tertiary/aromatic N) is 1. The van der Waals surface area contributed by atoms with Crippen molar-refractivity contribution in [2.75, 3.05) is 5.32 Å². The van der Waals surface area contributed by atoms with Gasteiger partial charge in [0.15, 0.2) is 0 Å². The van der Waals surface area contributed by atoms with Gasteiger partial charge in [-0.15, -0.1) is 11.3 Å². The summed E-state index contributed by atoms with van der Waals surface area (Å²) in [5.41, 5.74) is 1.82. The van der Waals surface area contributed by atoms with Crippen LogP contribution in [0, 0.1) is 18.3 Å². The Bertz CT molecular complexity index is 713. The number of rotatable bonds is 3. The molecule has 100 valence electrons. The van der Waals surface area contributed by atoms with Crippen LogP contribution in [0.4, 0.5) is 5.69 Å². The molecule has 5 heteroatoms. The Balaban J connectivity index is 2.18. The molecule has 20 heavy (non-hydrogen) atoms. The van der Waals surface area contributed by atoms with E-state index in [0.717, 1.165) is 14.2 Å². The molecule has 0 aliphatic carbocycles. The molecule has 0 atom stereocenters. The molecule has 0 aliphatic heterocycles. The van der Waals surface area contributed by atoms with E-state index < -0.39 is 5.91 Å². The number of aryl methyl sites for hydroxylation is 1. The second kappa shape index (κ2) is 6.51. The summed E-state index contributed by atoms with van der Waals surface area (Å²) in [6, 6.07) is 13.1. The normalized spacial score (nSPS) is 10.9. The van der Waals surface area contributed by atoms with E-state index in [1.807, 2.05) is 43.3 Å². The third-order valence-corrected chi connectivity index (χ3v) is 4.09. The number of hydrogen-bond acceptors (Lipinski definition) is 3. The molecule has 2 aromatic rings. The summed E-state index contributed by atoms with van der Waals surface area (Å²) in [5.74, 6) is -0.400. The van der Waals surface area contributed by atoms with E-state index in [1.54, 1.807) is 12.1 Å². The van der Waals surface area contributed by atoms with Crippen molar-refractivity contribution in [1.29, 1.82) is 5.26 Å². The van der Waals surface area contributed by atoms with E-state index in [1.165, 1.54) is 11.3 Å². The zero-order chi connectivity index (χ0) is 14.5. The maximum atomic E-state index is 12.1. The van der Waals surface area contributed by atoms with Crippen LogP contribution >= 0.6 is 27.3 Å². The molecule has 0 fully saturated rings. The van der Waals surface area contributed by atoms with Crippen LogP contribution in [-0.4, -0.2) is 5.91 Å². The highest BCUT2D eigenvalue weighted by Crippen LogP contribution is 2.24. The Kier molecular flexibility index (Phi) is 4.72. The van der Waals surface area contributed by atoms with Crippen molar-refractivity contribution in [3.8, 4) is 6.07 Å². The first-order valence-corrected chi connectivity index (χ1v) is 7.44. The second-order valence-electron chi connectivity index (χ2n) is 4.14. The molecule has 0 aliphatic rings. The highest BCUT2D eigenvalue weighted by Gasteiger charge is 2.10. The molecule has 0 spiro atoms. The summed E-state index contributed by atoms with van der Waals surface area (Å²) >= 11 is 4.82. The predicted molar refractivity (Wildman–Crippen MR) is 85.4 cm³/mol. The van der Waals surface area contributed by atoms with Crippen LogP contribution in [0.1, 0.15) is 10.4 Å². The van der Waals surface area contributed by atoms with Gasteiger partial charge in [-0.3, -0.25) is 4.79 Å². The number of hydrogen-bond donors (Lipinski definition) is 1. The highest BCUT2D eigenvalue weighted by molar-refractivity contribution is 9.11. The second-order valence-corrected chi connectivity index (χ2v) is 6.63. The fraction of sp³-hybridized carbons (Fsp3) is 0.0667. The van der Waals surface area contributed by atoms with Gasteiger partial charge in [-0.25, -0.2) is 0 Å². The van der Waals surface area contributed by atoms with Crippen LogP contribution in [0.2, 0.25) is 0 Å². The van der Waals surface area contributed by atoms with Gasteiger partial charge in [-0.05, 0) is 58.8 Å². The molecule has 3 nitrogen and oxygen atoms in total. The van der Waals surface area contributed by atoms with Crippen LogP contribution in [0.25, 0.3) is 6.08 Å². The fourth-order valence-electron chi connectivity index (χ4n) is 1.62. The largest absolute Gasteiger partial charge is 0.321 e. The standard InChI is InChI=1S/C15H11BrN2OS/c1-10-3-2-4-12(7-10)18-15(19)11(9-17)8-13-5-6-14(16)20-13/h2-8H,1H3,(H,18,19)/b11-8-. The summed E-state index contributed by atoms with van der Waals surface area (Å²) in [5, 5.41) is 11.8. The lowest BCUT2D eigenvalue weighted by molar-refractivity contribution is -0.112. The molecule has 0 radical (unpaired) electrons. The molecule has 2 rings (SSSR count). The maximum absolute atomic E-state index is 12.1. The van der Waals surface area contributed by atoms with E-state index in [9.17, 15) is 4.79 Å². The van der Waals surface area contributed by atoms with Gasteiger partial charge in [0, 0.05) is 10.6 Å². The number of nitriles is 1. The van der Waals surface area contributed by atoms with Gasteiger partial charge in [0.2, 0.25) is 0 Å². The molecular formula is C15H11BrN2OS. The summed E-state index contributed by atoms with van der Waals surface area (Å²) in [6.45, 7) is 1.94. The van der Waals surface area contributed by atoms with Gasteiger partial charge in [-0.1, -0.05) is 12.1 Å². The summed E-state index contributed by atoms with van der Waals surface area (Å²) in [6.07, 6.45) is 1.58. The third kappa shape index (κ3) is 3.80. The number of benzene rings is 1. The summed E-state index contributed by atoms with van der Waals surface area (Å²) in [7, 11) is 0. The number of nitrogens with one attached hydrogen (secondary N) is 1. The molecule has 0 saturated carbocycles. The first-order chi connectivity index (χ1) is 9.58. The predicted octanol–water partition coefficient (Wildman–Crippen LogP) is 4.36. The molecule has 0 saturated heterocycles. The van der Waals surface area contributed by atoms with E-state index in [4.69, 9.17) is 5.26 Å². The van der Waals surface area contributed by atoms with Gasteiger partial charge >= 0.3 is 0 Å². The van der Waals surface area contributed by atoms with Crippen molar-refractivity contribution in [3.05, 3.63) is 56.2 Å². The Morgan fingerprint density at radius 1 is 1.40 bits per heavy atom. The van der Waals surface area contributed by atoms with Gasteiger partial charge < -0.3 is 5.32 Å². The van der Waals surface area contributed by atoms with Crippen LogP contribution < -0.4 is 5.32 Å². The first-order valence-electron chi connectivity index (χ1n) is 5.83. The highest BCUT2D eigenvalue weighted by atomic mass is 79.9. The molecule has 1 heterocycles. The molecular weight excluding hydrogens is 336 g/mol. The zero-order valence-corrected chi connectivity index (χ0v) is 13.1. The number of anilines is 1. The number of halogens is 1. The quantitative estimate of drug-likeness (QED) is 0.662. The Morgan fingerprint density at radius 2 is 2.20 bits per heavy atom. The number of amides is 1. The van der Waals surface area contributed by atoms with Crippen molar-refractivity contribution in [1.82, 2.24) is 0 Å². The van der Waals surface area contributed by atoms with E-state index in [0.29, 0.717) is 5.69 Å². The minimum Gasteiger partial charge on any atom is -0.321 e. The number of thiophene rings is 1. The third-order valence-electron chi connectivity index (χ3n) is 2.52. The van der Waals surface area contributed by atoms with Gasteiger partial charge in [0.25, 0.3) is 5.91 Å². The number of carbonyl (C=O) groups excluding carboxylic acids is 1. The monoisotopic (exact) mass is 346 g/mol. The smallest absolute Gasteiger partial charge is 0.266 e. The lowest BCUT2D eigenvalue weighted by Crippen LogP contribution is -2.13. The van der Waals surface area contributed by atoms with Gasteiger partial charge in [0.05, 0.1) is 3.79 Å². The van der Waals surface area contributed by atoms with Gasteiger partial charge in [0.1, 0.15) is 11.6 Å². The van der Waals surface area contributed by atoms with Crippen LogP contribution in [0.5, 0.6) is 0 Å². The molecule has 0 bridgehead atoms. The van der Waals surface area contributed by atoms with Crippen LogP contribution in [0.3, 0.4) is 0 Å². The fourth-order valence-corrected chi connectivity index (χ4v) is 2.98. The van der Waals surface area contributed by atoms with Crippen LogP contribution in [0.15, 0.2) is 45.8 Å².